The third-order valence-corrected chi connectivity index (χ3v) is 3.70. The van der Waals surface area contributed by atoms with Gasteiger partial charge < -0.3 is 14.4 Å². The van der Waals surface area contributed by atoms with E-state index < -0.39 is 11.6 Å². The van der Waals surface area contributed by atoms with Gasteiger partial charge in [-0.2, -0.15) is 0 Å². The van der Waals surface area contributed by atoms with Gasteiger partial charge in [0.05, 0.1) is 13.2 Å². The molecule has 1 rings (SSSR count). The van der Waals surface area contributed by atoms with E-state index in [1.807, 2.05) is 20.8 Å². The Bertz CT molecular complexity index is 404. The minimum absolute atomic E-state index is 0.260. The number of hydrogen-bond donors (Lipinski definition) is 0. The number of hydrogen-bond acceptors (Lipinski definition) is 5. The summed E-state index contributed by atoms with van der Waals surface area (Å²) in [5, 5.41) is 0. The number of carbonyl (C=O) groups excluding carboxylic acids is 2. The number of amides is 1. The third kappa shape index (κ3) is 6.77. The van der Waals surface area contributed by atoms with Crippen LogP contribution in [0.5, 0.6) is 0 Å². The van der Waals surface area contributed by atoms with E-state index in [1.165, 1.54) is 0 Å². The van der Waals surface area contributed by atoms with Crippen LogP contribution in [0.1, 0.15) is 48.0 Å². The monoisotopic (exact) mass is 328 g/mol. The fraction of sp³-hybridized carbons (Fsp3) is 0.882. The van der Waals surface area contributed by atoms with Gasteiger partial charge in [-0.05, 0) is 46.6 Å². The average molecular weight is 328 g/mol. The van der Waals surface area contributed by atoms with Crippen LogP contribution in [-0.4, -0.2) is 66.3 Å². The molecule has 1 atom stereocenters. The van der Waals surface area contributed by atoms with Gasteiger partial charge in [0.2, 0.25) is 0 Å². The Morgan fingerprint density at radius 2 is 1.87 bits per heavy atom. The van der Waals surface area contributed by atoms with Crippen LogP contribution in [0.15, 0.2) is 0 Å². The average Bonchev–Trinajstić information content (AvgIpc) is 2.43. The lowest BCUT2D eigenvalue weighted by atomic mass is 10.1. The van der Waals surface area contributed by atoms with E-state index in [1.54, 1.807) is 11.8 Å². The normalized spacial score (nSPS) is 19.8. The molecule has 0 spiro atoms. The molecule has 0 aromatic heterocycles. The number of nitrogens with zero attached hydrogens (tertiary/aromatic N) is 2. The molecule has 0 aliphatic carbocycles. The molecule has 0 radical (unpaired) electrons. The fourth-order valence-corrected chi connectivity index (χ4v) is 2.47. The molecule has 6 heteroatoms. The second kappa shape index (κ2) is 8.52. The minimum Gasteiger partial charge on any atom is -0.465 e. The predicted molar refractivity (Wildman–Crippen MR) is 89.3 cm³/mol. The van der Waals surface area contributed by atoms with Crippen molar-refractivity contribution in [2.24, 2.45) is 5.92 Å². The largest absolute Gasteiger partial charge is 0.465 e. The number of rotatable bonds is 5. The molecule has 1 fully saturated rings. The number of piperazine rings is 1. The van der Waals surface area contributed by atoms with Crippen LogP contribution in [0.25, 0.3) is 0 Å². The first-order valence-corrected chi connectivity index (χ1v) is 8.52. The van der Waals surface area contributed by atoms with E-state index in [0.29, 0.717) is 32.2 Å². The van der Waals surface area contributed by atoms with Crippen LogP contribution >= 0.6 is 0 Å². The summed E-state index contributed by atoms with van der Waals surface area (Å²) in [5.74, 6) is 0.311. The summed E-state index contributed by atoms with van der Waals surface area (Å²) in [7, 11) is 0. The minimum atomic E-state index is -0.536. The molecule has 0 bridgehead atoms. The molecular formula is C17H32N2O4. The van der Waals surface area contributed by atoms with E-state index in [9.17, 15) is 9.59 Å². The number of esters is 1. The molecule has 134 valence electrons. The molecule has 1 aliphatic heterocycles. The van der Waals surface area contributed by atoms with Gasteiger partial charge in [-0.1, -0.05) is 13.8 Å². The summed E-state index contributed by atoms with van der Waals surface area (Å²) < 4.78 is 10.6. The first-order chi connectivity index (χ1) is 10.6. The summed E-state index contributed by atoms with van der Waals surface area (Å²) in [6.07, 6.45) is 0.651. The quantitative estimate of drug-likeness (QED) is 0.726. The maximum atomic E-state index is 12.3. The van der Waals surface area contributed by atoms with Crippen LogP contribution in [0, 0.1) is 5.92 Å². The smallest absolute Gasteiger partial charge is 0.410 e. The third-order valence-electron chi connectivity index (χ3n) is 3.70. The lowest BCUT2D eigenvalue weighted by Crippen LogP contribution is -2.58. The van der Waals surface area contributed by atoms with E-state index >= 15 is 0 Å². The topological polar surface area (TPSA) is 59.1 Å². The van der Waals surface area contributed by atoms with E-state index in [-0.39, 0.29) is 12.1 Å². The van der Waals surface area contributed by atoms with Gasteiger partial charge >= 0.3 is 12.1 Å². The Morgan fingerprint density at radius 3 is 2.39 bits per heavy atom. The van der Waals surface area contributed by atoms with Crippen molar-refractivity contribution in [3.8, 4) is 0 Å². The molecule has 1 saturated heterocycles. The molecule has 1 amide bonds. The summed E-state index contributed by atoms with van der Waals surface area (Å²) in [6.45, 7) is 14.4. The van der Waals surface area contributed by atoms with Crippen LogP contribution in [-0.2, 0) is 14.3 Å². The van der Waals surface area contributed by atoms with Crippen molar-refractivity contribution in [2.75, 3.05) is 32.8 Å². The number of ether oxygens (including phenoxy) is 2. The number of carbonyl (C=O) groups is 2. The van der Waals surface area contributed by atoms with Gasteiger partial charge in [-0.25, -0.2) is 4.79 Å². The van der Waals surface area contributed by atoms with Crippen molar-refractivity contribution in [3.63, 3.8) is 0 Å². The first kappa shape index (κ1) is 19.7. The van der Waals surface area contributed by atoms with Crippen molar-refractivity contribution in [3.05, 3.63) is 0 Å². The second-order valence-electron chi connectivity index (χ2n) is 7.41. The van der Waals surface area contributed by atoms with Crippen LogP contribution in [0.3, 0.4) is 0 Å². The summed E-state index contributed by atoms with van der Waals surface area (Å²) >= 11 is 0. The Hall–Kier alpha value is -1.30. The van der Waals surface area contributed by atoms with Gasteiger partial charge in [0.15, 0.2) is 0 Å². The van der Waals surface area contributed by atoms with Gasteiger partial charge in [-0.3, -0.25) is 9.69 Å². The lowest BCUT2D eigenvalue weighted by molar-refractivity contribution is -0.152. The standard InChI is InChI=1S/C17H32N2O4/c1-7-22-15(20)14-12-19(16(21)23-17(4,5)6)11-10-18(14)9-8-13(2)3/h13-14H,7-12H2,1-6H3/t14-/m0/s1. The maximum Gasteiger partial charge on any atom is 0.410 e. The lowest BCUT2D eigenvalue weighted by Gasteiger charge is -2.40. The van der Waals surface area contributed by atoms with Crippen molar-refractivity contribution in [1.82, 2.24) is 9.80 Å². The first-order valence-electron chi connectivity index (χ1n) is 8.52. The zero-order valence-electron chi connectivity index (χ0n) is 15.4. The fourth-order valence-electron chi connectivity index (χ4n) is 2.47. The van der Waals surface area contributed by atoms with Crippen LogP contribution in [0.2, 0.25) is 0 Å². The predicted octanol–water partition coefficient (Wildman–Crippen LogP) is 2.52. The highest BCUT2D eigenvalue weighted by Gasteiger charge is 2.36. The van der Waals surface area contributed by atoms with Gasteiger partial charge in [-0.15, -0.1) is 0 Å². The highest BCUT2D eigenvalue weighted by molar-refractivity contribution is 5.78. The molecule has 1 aliphatic rings. The molecule has 6 nitrogen and oxygen atoms in total. The zero-order chi connectivity index (χ0) is 17.6. The summed E-state index contributed by atoms with van der Waals surface area (Å²) in [4.78, 5) is 28.2. The Kier molecular flexibility index (Phi) is 7.32. The zero-order valence-corrected chi connectivity index (χ0v) is 15.4. The van der Waals surface area contributed by atoms with Gasteiger partial charge in [0.25, 0.3) is 0 Å². The Balaban J connectivity index is 2.73. The molecule has 23 heavy (non-hydrogen) atoms. The van der Waals surface area contributed by atoms with Crippen LogP contribution in [0.4, 0.5) is 4.79 Å². The molecule has 0 aromatic carbocycles. The highest BCUT2D eigenvalue weighted by Crippen LogP contribution is 2.17. The Labute approximate surface area is 140 Å². The van der Waals surface area contributed by atoms with Gasteiger partial charge in [0.1, 0.15) is 11.6 Å². The molecule has 0 unspecified atom stereocenters. The van der Waals surface area contributed by atoms with Crippen molar-refractivity contribution in [2.45, 2.75) is 59.6 Å². The summed E-state index contributed by atoms with van der Waals surface area (Å²) in [6, 6.07) is -0.407. The van der Waals surface area contributed by atoms with E-state index in [0.717, 1.165) is 13.0 Å². The van der Waals surface area contributed by atoms with Crippen molar-refractivity contribution >= 4 is 12.1 Å². The summed E-state index contributed by atoms with van der Waals surface area (Å²) in [5.41, 5.74) is -0.536. The molecular weight excluding hydrogens is 296 g/mol. The highest BCUT2D eigenvalue weighted by atomic mass is 16.6. The van der Waals surface area contributed by atoms with Crippen molar-refractivity contribution in [1.29, 1.82) is 0 Å². The maximum absolute atomic E-state index is 12.3. The second-order valence-corrected chi connectivity index (χ2v) is 7.41. The van der Waals surface area contributed by atoms with Crippen molar-refractivity contribution < 1.29 is 19.1 Å². The molecule has 0 saturated carbocycles. The Morgan fingerprint density at radius 1 is 1.22 bits per heavy atom. The molecule has 1 heterocycles. The van der Waals surface area contributed by atoms with E-state index in [4.69, 9.17) is 9.47 Å². The molecule has 0 N–H and O–H groups in total. The SMILES string of the molecule is CCOC(=O)[C@@H]1CN(C(=O)OC(C)(C)C)CCN1CCC(C)C. The molecule has 0 aromatic rings. The van der Waals surface area contributed by atoms with Crippen LogP contribution < -0.4 is 0 Å². The van der Waals surface area contributed by atoms with E-state index in [2.05, 4.69) is 18.7 Å². The van der Waals surface area contributed by atoms with Gasteiger partial charge in [0, 0.05) is 13.1 Å².